The summed E-state index contributed by atoms with van der Waals surface area (Å²) in [4.78, 5) is 11.8. The second-order valence-corrected chi connectivity index (χ2v) is 5.04. The summed E-state index contributed by atoms with van der Waals surface area (Å²) in [7, 11) is 1.58. The predicted octanol–water partition coefficient (Wildman–Crippen LogP) is 2.36. The van der Waals surface area contributed by atoms with Crippen LogP contribution in [0.3, 0.4) is 0 Å². The molecule has 0 radical (unpaired) electrons. The van der Waals surface area contributed by atoms with E-state index in [1.54, 1.807) is 25.3 Å². The number of benzene rings is 2. The van der Waals surface area contributed by atoms with Crippen LogP contribution in [0.5, 0.6) is 17.2 Å². The topological polar surface area (TPSA) is 92.2 Å². The molecule has 0 unspecified atom stereocenters. The molecule has 2 aromatic rings. The minimum Gasteiger partial charge on any atom is -0.504 e. The van der Waals surface area contributed by atoms with Crippen LogP contribution in [-0.2, 0) is 4.79 Å². The number of nitrogens with one attached hydrogen (secondary N) is 2. The van der Waals surface area contributed by atoms with Crippen LogP contribution in [0.4, 0.5) is 5.69 Å². The zero-order chi connectivity index (χ0) is 18.1. The summed E-state index contributed by atoms with van der Waals surface area (Å²) < 4.78 is 10.4. The lowest BCUT2D eigenvalue weighted by molar-refractivity contribution is -0.119. The molecular formula is C18H21N3O4. The molecule has 0 aliphatic rings. The fraction of sp³-hybridized carbons (Fsp3) is 0.222. The SMILES string of the molecule is CCOc1cc(/C=N/NC(=O)CNc2cccc(OC)c2)ccc1O. The molecule has 0 aliphatic carbocycles. The molecule has 2 aromatic carbocycles. The van der Waals surface area contributed by atoms with Crippen LogP contribution < -0.4 is 20.2 Å². The first-order valence-electron chi connectivity index (χ1n) is 7.78. The first kappa shape index (κ1) is 18.1. The van der Waals surface area contributed by atoms with Crippen LogP contribution >= 0.6 is 0 Å². The average molecular weight is 343 g/mol. The number of phenolic OH excluding ortho intramolecular Hbond substituents is 1. The Labute approximate surface area is 146 Å². The number of hydrogen-bond acceptors (Lipinski definition) is 6. The average Bonchev–Trinajstić information content (AvgIpc) is 2.63. The lowest BCUT2D eigenvalue weighted by Crippen LogP contribution is -2.25. The van der Waals surface area contributed by atoms with Gasteiger partial charge in [0.05, 0.1) is 26.5 Å². The zero-order valence-corrected chi connectivity index (χ0v) is 14.2. The van der Waals surface area contributed by atoms with Gasteiger partial charge in [-0.2, -0.15) is 5.10 Å². The second-order valence-electron chi connectivity index (χ2n) is 5.04. The maximum absolute atomic E-state index is 11.8. The highest BCUT2D eigenvalue weighted by atomic mass is 16.5. The molecule has 0 aliphatic heterocycles. The van der Waals surface area contributed by atoms with Crippen molar-refractivity contribution in [1.82, 2.24) is 5.43 Å². The lowest BCUT2D eigenvalue weighted by Gasteiger charge is -2.07. The minimum atomic E-state index is -0.289. The number of carbonyl (C=O) groups is 1. The smallest absolute Gasteiger partial charge is 0.259 e. The molecule has 0 atom stereocenters. The number of hydrazone groups is 1. The first-order valence-corrected chi connectivity index (χ1v) is 7.78. The van der Waals surface area contributed by atoms with Crippen LogP contribution in [0.1, 0.15) is 12.5 Å². The Morgan fingerprint density at radius 3 is 2.88 bits per heavy atom. The van der Waals surface area contributed by atoms with E-state index in [0.717, 1.165) is 5.69 Å². The Bertz CT molecular complexity index is 747. The molecule has 7 heteroatoms. The fourth-order valence-electron chi connectivity index (χ4n) is 2.02. The summed E-state index contributed by atoms with van der Waals surface area (Å²) in [5.41, 5.74) is 3.90. The highest BCUT2D eigenvalue weighted by Gasteiger charge is 2.03. The standard InChI is InChI=1S/C18H21N3O4/c1-3-25-17-9-13(7-8-16(17)22)11-20-21-18(23)12-19-14-5-4-6-15(10-14)24-2/h4-11,19,22H,3,12H2,1-2H3,(H,21,23)/b20-11+. The monoisotopic (exact) mass is 343 g/mol. The third-order valence-electron chi connectivity index (χ3n) is 3.21. The molecular weight excluding hydrogens is 322 g/mol. The summed E-state index contributed by atoms with van der Waals surface area (Å²) >= 11 is 0. The van der Waals surface area contributed by atoms with E-state index in [-0.39, 0.29) is 18.2 Å². The van der Waals surface area contributed by atoms with Crippen LogP contribution in [0, 0.1) is 0 Å². The molecule has 0 heterocycles. The predicted molar refractivity (Wildman–Crippen MR) is 96.5 cm³/mol. The molecule has 7 nitrogen and oxygen atoms in total. The van der Waals surface area contributed by atoms with Gasteiger partial charge >= 0.3 is 0 Å². The molecule has 0 saturated carbocycles. The number of hydrogen-bond donors (Lipinski definition) is 3. The molecule has 0 aromatic heterocycles. The van der Waals surface area contributed by atoms with E-state index in [4.69, 9.17) is 9.47 Å². The van der Waals surface area contributed by atoms with Crippen molar-refractivity contribution in [3.05, 3.63) is 48.0 Å². The molecule has 1 amide bonds. The summed E-state index contributed by atoms with van der Waals surface area (Å²) in [6, 6.07) is 12.1. The molecule has 0 spiro atoms. The number of aromatic hydroxyl groups is 1. The third-order valence-corrected chi connectivity index (χ3v) is 3.21. The Hall–Kier alpha value is -3.22. The highest BCUT2D eigenvalue weighted by molar-refractivity contribution is 5.84. The van der Waals surface area contributed by atoms with Gasteiger partial charge in [-0.15, -0.1) is 0 Å². The molecule has 0 saturated heterocycles. The lowest BCUT2D eigenvalue weighted by atomic mass is 10.2. The fourth-order valence-corrected chi connectivity index (χ4v) is 2.02. The Morgan fingerprint density at radius 2 is 2.12 bits per heavy atom. The number of rotatable bonds is 8. The summed E-state index contributed by atoms with van der Waals surface area (Å²) in [5.74, 6) is 0.853. The highest BCUT2D eigenvalue weighted by Crippen LogP contribution is 2.26. The number of amides is 1. The molecule has 0 bridgehead atoms. The minimum absolute atomic E-state index is 0.0607. The number of anilines is 1. The maximum atomic E-state index is 11.8. The summed E-state index contributed by atoms with van der Waals surface area (Å²) in [6.07, 6.45) is 1.48. The van der Waals surface area contributed by atoms with Gasteiger partial charge in [0.15, 0.2) is 11.5 Å². The Morgan fingerprint density at radius 1 is 1.28 bits per heavy atom. The van der Waals surface area contributed by atoms with E-state index in [0.29, 0.717) is 23.7 Å². The van der Waals surface area contributed by atoms with Crippen LogP contribution in [0.2, 0.25) is 0 Å². The van der Waals surface area contributed by atoms with Gasteiger partial charge in [0.1, 0.15) is 5.75 Å². The number of ether oxygens (including phenoxy) is 2. The van der Waals surface area contributed by atoms with Crippen molar-refractivity contribution in [3.63, 3.8) is 0 Å². The van der Waals surface area contributed by atoms with Gasteiger partial charge in [0.2, 0.25) is 0 Å². The Kier molecular flexibility index (Phi) is 6.65. The van der Waals surface area contributed by atoms with E-state index >= 15 is 0 Å². The normalized spacial score (nSPS) is 10.5. The number of nitrogens with zero attached hydrogens (tertiary/aromatic N) is 1. The van der Waals surface area contributed by atoms with Crippen molar-refractivity contribution in [1.29, 1.82) is 0 Å². The largest absolute Gasteiger partial charge is 0.504 e. The zero-order valence-electron chi connectivity index (χ0n) is 14.2. The third kappa shape index (κ3) is 5.72. The van der Waals surface area contributed by atoms with Crippen molar-refractivity contribution >= 4 is 17.8 Å². The molecule has 25 heavy (non-hydrogen) atoms. The van der Waals surface area contributed by atoms with Crippen LogP contribution in [-0.4, -0.2) is 37.5 Å². The van der Waals surface area contributed by atoms with E-state index < -0.39 is 0 Å². The van der Waals surface area contributed by atoms with Gasteiger partial charge in [-0.05, 0) is 42.8 Å². The van der Waals surface area contributed by atoms with Gasteiger partial charge in [0.25, 0.3) is 5.91 Å². The maximum Gasteiger partial charge on any atom is 0.259 e. The molecule has 0 fully saturated rings. The van der Waals surface area contributed by atoms with Crippen LogP contribution in [0.15, 0.2) is 47.6 Å². The van der Waals surface area contributed by atoms with Crippen molar-refractivity contribution in [2.45, 2.75) is 6.92 Å². The van der Waals surface area contributed by atoms with Gasteiger partial charge in [-0.25, -0.2) is 5.43 Å². The van der Waals surface area contributed by atoms with E-state index in [9.17, 15) is 9.90 Å². The van der Waals surface area contributed by atoms with Gasteiger partial charge in [-0.1, -0.05) is 6.07 Å². The first-order chi connectivity index (χ1) is 12.1. The van der Waals surface area contributed by atoms with Crippen molar-refractivity contribution in [3.8, 4) is 17.2 Å². The number of methoxy groups -OCH3 is 1. The summed E-state index contributed by atoms with van der Waals surface area (Å²) in [5, 5.41) is 16.5. The van der Waals surface area contributed by atoms with E-state index in [2.05, 4.69) is 15.8 Å². The van der Waals surface area contributed by atoms with Crippen molar-refractivity contribution in [2.75, 3.05) is 25.6 Å². The quantitative estimate of drug-likeness (QED) is 0.505. The van der Waals surface area contributed by atoms with Crippen molar-refractivity contribution in [2.24, 2.45) is 5.10 Å². The van der Waals surface area contributed by atoms with E-state index in [1.807, 2.05) is 25.1 Å². The number of carbonyl (C=O) groups excluding carboxylic acids is 1. The number of phenols is 1. The van der Waals surface area contributed by atoms with Gasteiger partial charge < -0.3 is 19.9 Å². The summed E-state index contributed by atoms with van der Waals surface area (Å²) in [6.45, 7) is 2.35. The van der Waals surface area contributed by atoms with E-state index in [1.165, 1.54) is 12.3 Å². The van der Waals surface area contributed by atoms with Gasteiger partial charge in [-0.3, -0.25) is 4.79 Å². The molecule has 132 valence electrons. The second kappa shape index (κ2) is 9.17. The van der Waals surface area contributed by atoms with Gasteiger partial charge in [0, 0.05) is 11.8 Å². The molecule has 3 N–H and O–H groups in total. The van der Waals surface area contributed by atoms with Crippen LogP contribution in [0.25, 0.3) is 0 Å². The van der Waals surface area contributed by atoms with Crippen molar-refractivity contribution < 1.29 is 19.4 Å². The Balaban J connectivity index is 1.84. The molecule has 2 rings (SSSR count).